The molecule has 0 amide bonds. The largest absolute Gasteiger partial charge is 0.422 e. The number of benzene rings is 1. The molecule has 0 saturated heterocycles. The van der Waals surface area contributed by atoms with Gasteiger partial charge >= 0.3 is 6.01 Å². The quantitative estimate of drug-likeness (QED) is 0.591. The van der Waals surface area contributed by atoms with E-state index in [0.717, 1.165) is 0 Å². The van der Waals surface area contributed by atoms with Crippen molar-refractivity contribution >= 4 is 5.69 Å². The summed E-state index contributed by atoms with van der Waals surface area (Å²) in [7, 11) is 0. The van der Waals surface area contributed by atoms with Crippen molar-refractivity contribution in [3.05, 3.63) is 34.4 Å². The summed E-state index contributed by atoms with van der Waals surface area (Å²) in [5.74, 6) is 0.405. The summed E-state index contributed by atoms with van der Waals surface area (Å²) in [6.07, 6.45) is 0. The molecule has 2 rings (SSSR count). The second kappa shape index (κ2) is 3.70. The molecule has 0 aliphatic carbocycles. The van der Waals surface area contributed by atoms with Crippen LogP contribution in [0.25, 0.3) is 0 Å². The fourth-order valence-electron chi connectivity index (χ4n) is 0.937. The number of non-ortho nitro benzene ring substituents is 1. The predicted octanol–water partition coefficient (Wildman–Crippen LogP) is 0.900. The summed E-state index contributed by atoms with van der Waals surface area (Å²) >= 11 is 0. The molecule has 0 aliphatic heterocycles. The Balaban J connectivity index is 2.14. The van der Waals surface area contributed by atoms with E-state index in [1.54, 1.807) is 0 Å². The molecule has 0 radical (unpaired) electrons. The molecule has 0 fully saturated rings. The Hall–Kier alpha value is -2.51. The highest BCUT2D eigenvalue weighted by atomic mass is 16.6. The molecule has 0 atom stereocenters. The number of ether oxygens (including phenoxy) is 1. The van der Waals surface area contributed by atoms with Gasteiger partial charge in [0.1, 0.15) is 5.75 Å². The van der Waals surface area contributed by atoms with Gasteiger partial charge in [0.15, 0.2) is 0 Å². The van der Waals surface area contributed by atoms with Crippen LogP contribution in [0, 0.1) is 10.1 Å². The zero-order valence-corrected chi connectivity index (χ0v) is 7.32. The maximum atomic E-state index is 10.4. The minimum atomic E-state index is -0.488. The van der Waals surface area contributed by atoms with Crippen molar-refractivity contribution in [3.8, 4) is 11.8 Å². The minimum Gasteiger partial charge on any atom is -0.422 e. The summed E-state index contributed by atoms with van der Waals surface area (Å²) in [5.41, 5.74) is -0.00420. The maximum absolute atomic E-state index is 10.4. The van der Waals surface area contributed by atoms with Gasteiger partial charge in [0.05, 0.1) is 4.92 Å². The number of rotatable bonds is 3. The van der Waals surface area contributed by atoms with E-state index < -0.39 is 4.92 Å². The second-order valence-electron chi connectivity index (χ2n) is 2.55. The SMILES string of the molecule is O=[N+]([O-])c1ccc(Oc2nn[nH]n2)cc1. The Morgan fingerprint density at radius 3 is 2.60 bits per heavy atom. The van der Waals surface area contributed by atoms with E-state index in [0.29, 0.717) is 5.75 Å². The van der Waals surface area contributed by atoms with Crippen molar-refractivity contribution in [3.63, 3.8) is 0 Å². The molecule has 1 aromatic carbocycles. The fourth-order valence-corrected chi connectivity index (χ4v) is 0.937. The Morgan fingerprint density at radius 2 is 2.07 bits per heavy atom. The summed E-state index contributed by atoms with van der Waals surface area (Å²) in [5, 5.41) is 23.0. The third kappa shape index (κ3) is 2.05. The van der Waals surface area contributed by atoms with Crippen LogP contribution in [0.2, 0.25) is 0 Å². The monoisotopic (exact) mass is 207 g/mol. The average Bonchev–Trinajstić information content (AvgIpc) is 2.71. The molecule has 1 aromatic heterocycles. The molecule has 0 saturated carbocycles. The lowest BCUT2D eigenvalue weighted by Gasteiger charge is -1.98. The number of H-pyrrole nitrogens is 1. The van der Waals surface area contributed by atoms with Crippen molar-refractivity contribution in [1.29, 1.82) is 0 Å². The maximum Gasteiger partial charge on any atom is 0.361 e. The summed E-state index contributed by atoms with van der Waals surface area (Å²) in [4.78, 5) is 9.87. The number of nitrogens with zero attached hydrogens (tertiary/aromatic N) is 4. The third-order valence-electron chi connectivity index (χ3n) is 1.58. The predicted molar refractivity (Wildman–Crippen MR) is 47.3 cm³/mol. The molecule has 8 heteroatoms. The van der Waals surface area contributed by atoms with Gasteiger partial charge in [-0.15, -0.1) is 0 Å². The van der Waals surface area contributed by atoms with Crippen LogP contribution < -0.4 is 4.74 Å². The molecule has 76 valence electrons. The van der Waals surface area contributed by atoms with Crippen LogP contribution in [0.15, 0.2) is 24.3 Å². The van der Waals surface area contributed by atoms with Gasteiger partial charge in [-0.2, -0.15) is 5.21 Å². The first-order chi connectivity index (χ1) is 7.25. The first kappa shape index (κ1) is 9.06. The second-order valence-corrected chi connectivity index (χ2v) is 2.55. The van der Waals surface area contributed by atoms with Gasteiger partial charge in [-0.1, -0.05) is 10.2 Å². The van der Waals surface area contributed by atoms with E-state index >= 15 is 0 Å². The van der Waals surface area contributed by atoms with Gasteiger partial charge in [0, 0.05) is 12.1 Å². The van der Waals surface area contributed by atoms with Gasteiger partial charge in [0.25, 0.3) is 5.69 Å². The molecule has 0 unspecified atom stereocenters. The van der Waals surface area contributed by atoms with Crippen LogP contribution in [-0.2, 0) is 0 Å². The highest BCUT2D eigenvalue weighted by Gasteiger charge is 2.06. The average molecular weight is 207 g/mol. The number of tetrazole rings is 1. The van der Waals surface area contributed by atoms with Crippen LogP contribution in [-0.4, -0.2) is 25.5 Å². The highest BCUT2D eigenvalue weighted by molar-refractivity contribution is 5.36. The van der Waals surface area contributed by atoms with E-state index in [1.165, 1.54) is 24.3 Å². The Kier molecular flexibility index (Phi) is 2.23. The van der Waals surface area contributed by atoms with E-state index in [2.05, 4.69) is 20.6 Å². The van der Waals surface area contributed by atoms with Crippen molar-refractivity contribution < 1.29 is 9.66 Å². The summed E-state index contributed by atoms with van der Waals surface area (Å²) < 4.78 is 5.11. The van der Waals surface area contributed by atoms with E-state index in [-0.39, 0.29) is 11.7 Å². The molecule has 0 aliphatic rings. The standard InChI is InChI=1S/C7H5N5O3/c13-12(14)5-1-3-6(4-2-5)15-7-8-10-11-9-7/h1-4H,(H,8,9,10,11). The van der Waals surface area contributed by atoms with Gasteiger partial charge in [-0.05, 0) is 17.3 Å². The first-order valence-electron chi connectivity index (χ1n) is 3.91. The lowest BCUT2D eigenvalue weighted by molar-refractivity contribution is -0.384. The number of hydrogen-bond acceptors (Lipinski definition) is 6. The molecule has 8 nitrogen and oxygen atoms in total. The van der Waals surface area contributed by atoms with Crippen molar-refractivity contribution in [2.24, 2.45) is 0 Å². The first-order valence-corrected chi connectivity index (χ1v) is 3.91. The van der Waals surface area contributed by atoms with Gasteiger partial charge < -0.3 is 4.74 Å². The molecule has 0 spiro atoms. The van der Waals surface area contributed by atoms with Crippen LogP contribution in [0.1, 0.15) is 0 Å². The molecule has 2 aromatic rings. The molecule has 0 bridgehead atoms. The molecule has 1 heterocycles. The smallest absolute Gasteiger partial charge is 0.361 e. The molecule has 15 heavy (non-hydrogen) atoms. The number of aromatic amines is 1. The number of hydrogen-bond donors (Lipinski definition) is 1. The van der Waals surface area contributed by atoms with Crippen molar-refractivity contribution in [2.45, 2.75) is 0 Å². The Bertz CT molecular complexity index is 452. The number of aromatic nitrogens is 4. The normalized spacial score (nSPS) is 9.87. The summed E-state index contributed by atoms with van der Waals surface area (Å²) in [6, 6.07) is 5.62. The topological polar surface area (TPSA) is 107 Å². The van der Waals surface area contributed by atoms with Gasteiger partial charge in [0.2, 0.25) is 0 Å². The zero-order valence-electron chi connectivity index (χ0n) is 7.32. The van der Waals surface area contributed by atoms with Gasteiger partial charge in [-0.25, -0.2) is 0 Å². The van der Waals surface area contributed by atoms with Crippen LogP contribution in [0.3, 0.4) is 0 Å². The van der Waals surface area contributed by atoms with Crippen LogP contribution >= 0.6 is 0 Å². The lowest BCUT2D eigenvalue weighted by Crippen LogP contribution is -1.89. The van der Waals surface area contributed by atoms with Crippen molar-refractivity contribution in [2.75, 3.05) is 0 Å². The number of nitro benzene ring substituents is 1. The fraction of sp³-hybridized carbons (Fsp3) is 0. The molecule has 1 N–H and O–H groups in total. The number of nitro groups is 1. The molecular formula is C7H5N5O3. The Morgan fingerprint density at radius 1 is 1.33 bits per heavy atom. The van der Waals surface area contributed by atoms with E-state index in [1.807, 2.05) is 0 Å². The van der Waals surface area contributed by atoms with Gasteiger partial charge in [-0.3, -0.25) is 10.1 Å². The summed E-state index contributed by atoms with van der Waals surface area (Å²) in [6.45, 7) is 0. The zero-order chi connectivity index (χ0) is 10.7. The third-order valence-corrected chi connectivity index (χ3v) is 1.58. The molecular weight excluding hydrogens is 202 g/mol. The van der Waals surface area contributed by atoms with E-state index in [9.17, 15) is 10.1 Å². The van der Waals surface area contributed by atoms with Crippen molar-refractivity contribution in [1.82, 2.24) is 20.6 Å². The lowest BCUT2D eigenvalue weighted by atomic mass is 10.3. The highest BCUT2D eigenvalue weighted by Crippen LogP contribution is 2.20. The van der Waals surface area contributed by atoms with Crippen LogP contribution in [0.5, 0.6) is 11.8 Å². The minimum absolute atomic E-state index is 0.00420. The van der Waals surface area contributed by atoms with E-state index in [4.69, 9.17) is 4.74 Å². The number of nitrogens with one attached hydrogen (secondary N) is 1. The van der Waals surface area contributed by atoms with Crippen LogP contribution in [0.4, 0.5) is 5.69 Å². The Labute approximate surface area is 83.0 Å².